The first kappa shape index (κ1) is 12.3. The molecule has 0 aromatic carbocycles. The zero-order chi connectivity index (χ0) is 11.1. The van der Waals surface area contributed by atoms with Gasteiger partial charge in [-0.1, -0.05) is 5.11 Å². The van der Waals surface area contributed by atoms with Gasteiger partial charge in [-0.2, -0.15) is 0 Å². The fourth-order valence-electron chi connectivity index (χ4n) is 2.07. The van der Waals surface area contributed by atoms with Gasteiger partial charge < -0.3 is 9.64 Å². The van der Waals surface area contributed by atoms with Gasteiger partial charge in [-0.05, 0) is 44.8 Å². The highest BCUT2D eigenvalue weighted by Gasteiger charge is 2.30. The van der Waals surface area contributed by atoms with Crippen LogP contribution in [0.5, 0.6) is 0 Å². The molecule has 0 N–H and O–H groups in total. The van der Waals surface area contributed by atoms with Crippen molar-refractivity contribution in [1.29, 1.82) is 0 Å². The van der Waals surface area contributed by atoms with Crippen LogP contribution in [0.25, 0.3) is 10.4 Å². The minimum Gasteiger partial charge on any atom is -0.377 e. The Hall–Kier alpha value is -0.770. The maximum Gasteiger partial charge on any atom is 0.0777 e. The van der Waals surface area contributed by atoms with Crippen LogP contribution in [-0.4, -0.2) is 43.8 Å². The molecule has 15 heavy (non-hydrogen) atoms. The van der Waals surface area contributed by atoms with E-state index in [2.05, 4.69) is 21.8 Å². The van der Waals surface area contributed by atoms with Crippen LogP contribution in [0.2, 0.25) is 0 Å². The van der Waals surface area contributed by atoms with Crippen molar-refractivity contribution in [3.63, 3.8) is 0 Å². The molecule has 1 aliphatic heterocycles. The van der Waals surface area contributed by atoms with Crippen molar-refractivity contribution in [3.05, 3.63) is 10.4 Å². The summed E-state index contributed by atoms with van der Waals surface area (Å²) in [6.07, 6.45) is 3.26. The van der Waals surface area contributed by atoms with E-state index in [9.17, 15) is 0 Å². The van der Waals surface area contributed by atoms with Crippen molar-refractivity contribution in [2.75, 3.05) is 33.3 Å². The Bertz CT molecular complexity index is 240. The Labute approximate surface area is 91.0 Å². The highest BCUT2D eigenvalue weighted by atomic mass is 16.5. The minimum absolute atomic E-state index is 0.0107. The third-order valence-corrected chi connectivity index (χ3v) is 3.03. The minimum atomic E-state index is 0.0107. The molecule has 1 atom stereocenters. The van der Waals surface area contributed by atoms with E-state index in [4.69, 9.17) is 10.3 Å². The molecule has 0 radical (unpaired) electrons. The molecule has 0 bridgehead atoms. The number of rotatable bonds is 5. The van der Waals surface area contributed by atoms with Gasteiger partial charge in [0.1, 0.15) is 0 Å². The van der Waals surface area contributed by atoms with Gasteiger partial charge in [0.15, 0.2) is 0 Å². The quantitative estimate of drug-likeness (QED) is 0.303. The lowest BCUT2D eigenvalue weighted by molar-refractivity contribution is -0.0506. The number of likely N-dealkylation sites (tertiary alicyclic amines) is 1. The Kier molecular flexibility index (Phi) is 4.88. The summed E-state index contributed by atoms with van der Waals surface area (Å²) >= 11 is 0. The molecule has 5 nitrogen and oxygen atoms in total. The lowest BCUT2D eigenvalue weighted by atomic mass is 9.95. The molecular formula is C10H20N4O. The monoisotopic (exact) mass is 212 g/mol. The predicted octanol–water partition coefficient (Wildman–Crippen LogP) is 2.19. The summed E-state index contributed by atoms with van der Waals surface area (Å²) in [7, 11) is 1.78. The van der Waals surface area contributed by atoms with Gasteiger partial charge >= 0.3 is 0 Å². The lowest BCUT2D eigenvalue weighted by Crippen LogP contribution is -2.47. The number of hydrogen-bond acceptors (Lipinski definition) is 3. The van der Waals surface area contributed by atoms with E-state index in [1.807, 2.05) is 0 Å². The van der Waals surface area contributed by atoms with Gasteiger partial charge in [-0.15, -0.1) is 0 Å². The number of ether oxygens (including phenoxy) is 1. The molecular weight excluding hydrogens is 192 g/mol. The summed E-state index contributed by atoms with van der Waals surface area (Å²) in [6.45, 7) is 5.87. The van der Waals surface area contributed by atoms with E-state index in [-0.39, 0.29) is 5.60 Å². The standard InChI is InChI=1S/C10H20N4O/c1-10(15-2)5-3-7-14(9-10)8-4-6-12-13-11/h3-9H2,1-2H3. The first-order chi connectivity index (χ1) is 7.20. The van der Waals surface area contributed by atoms with Gasteiger partial charge in [-0.25, -0.2) is 0 Å². The molecule has 1 heterocycles. The summed E-state index contributed by atoms with van der Waals surface area (Å²) in [5, 5.41) is 3.54. The predicted molar refractivity (Wildman–Crippen MR) is 59.7 cm³/mol. The second-order valence-corrected chi connectivity index (χ2v) is 4.34. The lowest BCUT2D eigenvalue weighted by Gasteiger charge is -2.39. The largest absolute Gasteiger partial charge is 0.377 e. The molecule has 1 fully saturated rings. The molecule has 0 aromatic rings. The molecule has 1 rings (SSSR count). The smallest absolute Gasteiger partial charge is 0.0777 e. The van der Waals surface area contributed by atoms with E-state index in [1.165, 1.54) is 6.42 Å². The topological polar surface area (TPSA) is 61.2 Å². The zero-order valence-corrected chi connectivity index (χ0v) is 9.65. The summed E-state index contributed by atoms with van der Waals surface area (Å²) in [5.41, 5.74) is 8.16. The Balaban J connectivity index is 2.27. The third-order valence-electron chi connectivity index (χ3n) is 3.03. The normalized spacial score (nSPS) is 27.3. The van der Waals surface area contributed by atoms with Crippen molar-refractivity contribution in [3.8, 4) is 0 Å². The van der Waals surface area contributed by atoms with Gasteiger partial charge in [0.25, 0.3) is 0 Å². The first-order valence-electron chi connectivity index (χ1n) is 5.48. The average molecular weight is 212 g/mol. The number of hydrogen-bond donors (Lipinski definition) is 0. The molecule has 0 aromatic heterocycles. The highest BCUT2D eigenvalue weighted by molar-refractivity contribution is 4.84. The van der Waals surface area contributed by atoms with Crippen LogP contribution in [0.3, 0.4) is 0 Å². The third kappa shape index (κ3) is 4.08. The van der Waals surface area contributed by atoms with Gasteiger partial charge in [-0.3, -0.25) is 0 Å². The van der Waals surface area contributed by atoms with E-state index < -0.39 is 0 Å². The Morgan fingerprint density at radius 2 is 2.40 bits per heavy atom. The van der Waals surface area contributed by atoms with E-state index in [0.717, 1.165) is 32.5 Å². The van der Waals surface area contributed by atoms with Gasteiger partial charge in [0.05, 0.1) is 5.60 Å². The van der Waals surface area contributed by atoms with Crippen molar-refractivity contribution in [2.24, 2.45) is 5.11 Å². The average Bonchev–Trinajstić information content (AvgIpc) is 2.25. The fourth-order valence-corrected chi connectivity index (χ4v) is 2.07. The molecule has 0 spiro atoms. The van der Waals surface area contributed by atoms with Crippen LogP contribution in [-0.2, 0) is 4.74 Å². The van der Waals surface area contributed by atoms with Gasteiger partial charge in [0.2, 0.25) is 0 Å². The molecule has 1 aliphatic rings. The summed E-state index contributed by atoms with van der Waals surface area (Å²) in [5.74, 6) is 0. The second-order valence-electron chi connectivity index (χ2n) is 4.34. The maximum absolute atomic E-state index is 8.15. The number of azide groups is 1. The Morgan fingerprint density at radius 3 is 3.07 bits per heavy atom. The molecule has 0 amide bonds. The van der Waals surface area contributed by atoms with E-state index >= 15 is 0 Å². The van der Waals surface area contributed by atoms with Crippen LogP contribution < -0.4 is 0 Å². The Morgan fingerprint density at radius 1 is 1.60 bits per heavy atom. The molecule has 0 aliphatic carbocycles. The summed E-state index contributed by atoms with van der Waals surface area (Å²) in [6, 6.07) is 0. The summed E-state index contributed by atoms with van der Waals surface area (Å²) in [4.78, 5) is 5.13. The van der Waals surface area contributed by atoms with Crippen LogP contribution in [0, 0.1) is 0 Å². The SMILES string of the molecule is COC1(C)CCCN(CCCN=[N+]=[N-])C1. The van der Waals surface area contributed by atoms with Crippen LogP contribution in [0.4, 0.5) is 0 Å². The van der Waals surface area contributed by atoms with Gasteiger partial charge in [0, 0.05) is 25.1 Å². The highest BCUT2D eigenvalue weighted by Crippen LogP contribution is 2.23. The van der Waals surface area contributed by atoms with Crippen molar-refractivity contribution in [1.82, 2.24) is 4.90 Å². The first-order valence-corrected chi connectivity index (χ1v) is 5.48. The zero-order valence-electron chi connectivity index (χ0n) is 9.65. The molecule has 1 unspecified atom stereocenters. The summed E-state index contributed by atoms with van der Waals surface area (Å²) < 4.78 is 5.51. The fraction of sp³-hybridized carbons (Fsp3) is 1.00. The van der Waals surface area contributed by atoms with E-state index in [1.54, 1.807) is 7.11 Å². The molecule has 5 heteroatoms. The molecule has 0 saturated carbocycles. The number of piperidine rings is 1. The van der Waals surface area contributed by atoms with Crippen molar-refractivity contribution >= 4 is 0 Å². The van der Waals surface area contributed by atoms with Crippen LogP contribution in [0.1, 0.15) is 26.2 Å². The molecule has 1 saturated heterocycles. The maximum atomic E-state index is 8.15. The van der Waals surface area contributed by atoms with Crippen molar-refractivity contribution in [2.45, 2.75) is 31.8 Å². The number of nitrogens with zero attached hydrogens (tertiary/aromatic N) is 4. The molecule has 86 valence electrons. The number of methoxy groups -OCH3 is 1. The van der Waals surface area contributed by atoms with Crippen LogP contribution in [0.15, 0.2) is 5.11 Å². The second kappa shape index (κ2) is 5.95. The van der Waals surface area contributed by atoms with Crippen LogP contribution >= 0.6 is 0 Å². The van der Waals surface area contributed by atoms with Crippen molar-refractivity contribution < 1.29 is 4.74 Å². The van der Waals surface area contributed by atoms with E-state index in [0.29, 0.717) is 6.54 Å².